The predicted octanol–water partition coefficient (Wildman–Crippen LogP) is 2.29. The summed E-state index contributed by atoms with van der Waals surface area (Å²) in [6.45, 7) is 0.0212. The first-order chi connectivity index (χ1) is 15.0. The zero-order valence-electron chi connectivity index (χ0n) is 16.7. The molecule has 8 nitrogen and oxygen atoms in total. The normalized spacial score (nSPS) is 15.5. The minimum Gasteiger partial charge on any atom is -0.485 e. The van der Waals surface area contributed by atoms with Crippen LogP contribution in [0, 0.1) is 0 Å². The fraction of sp³-hybridized carbons (Fsp3) is 0.286. The summed E-state index contributed by atoms with van der Waals surface area (Å²) in [5.74, 6) is 0.198. The molecule has 0 aromatic heterocycles. The molecule has 2 aromatic rings. The molecule has 3 N–H and O–H groups in total. The first-order valence-corrected chi connectivity index (χ1v) is 11.7. The van der Waals surface area contributed by atoms with E-state index in [1.54, 1.807) is 60.3 Å². The number of hydrogen-bond acceptors (Lipinski definition) is 6. The van der Waals surface area contributed by atoms with Crippen LogP contribution in [0.4, 0.5) is 0 Å². The summed E-state index contributed by atoms with van der Waals surface area (Å²) in [4.78, 5) is 37.7. The lowest BCUT2D eigenvalue weighted by molar-refractivity contribution is -0.135. The van der Waals surface area contributed by atoms with Crippen molar-refractivity contribution >= 4 is 45.4 Å². The van der Waals surface area contributed by atoms with Crippen molar-refractivity contribution in [3.05, 3.63) is 58.6 Å². The molecule has 2 aromatic carbocycles. The van der Waals surface area contributed by atoms with Gasteiger partial charge in [-0.3, -0.25) is 25.2 Å². The zero-order chi connectivity index (χ0) is 22.2. The smallest absolute Gasteiger partial charge is 0.283 e. The molecule has 0 bridgehead atoms. The quantitative estimate of drug-likeness (QED) is 0.496. The van der Waals surface area contributed by atoms with Crippen molar-refractivity contribution in [1.82, 2.24) is 16.2 Å². The van der Waals surface area contributed by atoms with Gasteiger partial charge in [0, 0.05) is 4.47 Å². The van der Waals surface area contributed by atoms with Crippen LogP contribution in [0.15, 0.2) is 53.0 Å². The van der Waals surface area contributed by atoms with Crippen molar-refractivity contribution in [2.45, 2.75) is 18.6 Å². The largest absolute Gasteiger partial charge is 0.485 e. The maximum atomic E-state index is 12.7. The van der Waals surface area contributed by atoms with Crippen molar-refractivity contribution in [2.75, 3.05) is 18.6 Å². The van der Waals surface area contributed by atoms with E-state index in [0.717, 1.165) is 0 Å². The van der Waals surface area contributed by atoms with E-state index >= 15 is 0 Å². The highest BCUT2D eigenvalue weighted by molar-refractivity contribution is 9.10. The van der Waals surface area contributed by atoms with E-state index in [4.69, 9.17) is 9.47 Å². The van der Waals surface area contributed by atoms with Crippen LogP contribution in [0.5, 0.6) is 11.5 Å². The van der Waals surface area contributed by atoms with E-state index in [2.05, 4.69) is 32.1 Å². The highest BCUT2D eigenvalue weighted by Crippen LogP contribution is 2.30. The van der Waals surface area contributed by atoms with Gasteiger partial charge in [-0.25, -0.2) is 0 Å². The van der Waals surface area contributed by atoms with Gasteiger partial charge in [0.1, 0.15) is 12.6 Å². The number of thioether (sulfide) groups is 1. The van der Waals surface area contributed by atoms with Crippen molar-refractivity contribution in [3.63, 3.8) is 0 Å². The zero-order valence-corrected chi connectivity index (χ0v) is 19.1. The monoisotopic (exact) mass is 507 g/mol. The summed E-state index contributed by atoms with van der Waals surface area (Å²) in [5.41, 5.74) is 5.14. The van der Waals surface area contributed by atoms with Crippen molar-refractivity contribution in [3.8, 4) is 11.5 Å². The molecule has 164 valence electrons. The van der Waals surface area contributed by atoms with Gasteiger partial charge in [-0.15, -0.1) is 0 Å². The Morgan fingerprint density at radius 1 is 1.10 bits per heavy atom. The maximum Gasteiger partial charge on any atom is 0.283 e. The number of halogens is 1. The first-order valence-electron chi connectivity index (χ1n) is 9.52. The lowest BCUT2D eigenvalue weighted by Crippen LogP contribution is -2.56. The molecular formula is C21H22BrN3O5S. The Kier molecular flexibility index (Phi) is 8.19. The van der Waals surface area contributed by atoms with Crippen LogP contribution in [0.3, 0.4) is 0 Å². The van der Waals surface area contributed by atoms with Gasteiger partial charge in [-0.1, -0.05) is 24.3 Å². The van der Waals surface area contributed by atoms with Crippen molar-refractivity contribution in [2.24, 2.45) is 0 Å². The minimum absolute atomic E-state index is 0.0212. The van der Waals surface area contributed by atoms with E-state index < -0.39 is 24.0 Å². The van der Waals surface area contributed by atoms with Gasteiger partial charge in [0.05, 0.1) is 5.56 Å². The molecule has 0 unspecified atom stereocenters. The van der Waals surface area contributed by atoms with Gasteiger partial charge >= 0.3 is 0 Å². The van der Waals surface area contributed by atoms with Gasteiger partial charge in [-0.2, -0.15) is 11.8 Å². The van der Waals surface area contributed by atoms with Crippen molar-refractivity contribution < 1.29 is 23.9 Å². The highest BCUT2D eigenvalue weighted by atomic mass is 79.9. The van der Waals surface area contributed by atoms with E-state index in [1.807, 2.05) is 6.26 Å². The standard InChI is InChI=1S/C21H22BrN3O5S/c1-31-11-10-15(23-19(26)13-6-2-3-7-14(13)22)20(27)24-25-21(28)18-12-29-16-8-4-5-9-17(16)30-18/h2-9,15,18H,10-12H2,1H3,(H,23,26)(H,24,27)(H,25,28)/t15-,18+/m1/s1. The second kappa shape index (κ2) is 11.1. The number of nitrogens with one attached hydrogen (secondary N) is 3. The molecule has 0 radical (unpaired) electrons. The molecule has 0 saturated carbocycles. The molecule has 3 amide bonds. The molecule has 2 atom stereocenters. The Morgan fingerprint density at radius 3 is 2.55 bits per heavy atom. The Labute approximate surface area is 192 Å². The highest BCUT2D eigenvalue weighted by Gasteiger charge is 2.29. The first kappa shape index (κ1) is 23.0. The second-order valence-electron chi connectivity index (χ2n) is 6.63. The predicted molar refractivity (Wildman–Crippen MR) is 121 cm³/mol. The number of para-hydroxylation sites is 2. The second-order valence-corrected chi connectivity index (χ2v) is 8.47. The third-order valence-corrected chi connectivity index (χ3v) is 5.80. The van der Waals surface area contributed by atoms with Crippen LogP contribution in [-0.4, -0.2) is 48.5 Å². The van der Waals surface area contributed by atoms with Gasteiger partial charge in [0.25, 0.3) is 17.7 Å². The Morgan fingerprint density at radius 2 is 1.81 bits per heavy atom. The molecule has 1 aliphatic heterocycles. The Bertz CT molecular complexity index is 958. The number of fused-ring (bicyclic) bond motifs is 1. The number of carbonyl (C=O) groups is 3. The fourth-order valence-electron chi connectivity index (χ4n) is 2.83. The van der Waals surface area contributed by atoms with E-state index in [0.29, 0.717) is 33.7 Å². The van der Waals surface area contributed by atoms with Gasteiger partial charge < -0.3 is 14.8 Å². The van der Waals surface area contributed by atoms with E-state index in [-0.39, 0.29) is 12.5 Å². The number of amides is 3. The summed E-state index contributed by atoms with van der Waals surface area (Å²) in [5, 5.41) is 2.72. The number of ether oxygens (including phenoxy) is 2. The van der Waals surface area contributed by atoms with Crippen LogP contribution in [0.1, 0.15) is 16.8 Å². The average Bonchev–Trinajstić information content (AvgIpc) is 2.79. The molecular weight excluding hydrogens is 486 g/mol. The summed E-state index contributed by atoms with van der Waals surface area (Å²) in [6.07, 6.45) is 1.40. The molecule has 0 saturated heterocycles. The van der Waals surface area contributed by atoms with E-state index in [9.17, 15) is 14.4 Å². The fourth-order valence-corrected chi connectivity index (χ4v) is 3.76. The van der Waals surface area contributed by atoms with Crippen LogP contribution in [-0.2, 0) is 9.59 Å². The lowest BCUT2D eigenvalue weighted by Gasteiger charge is -2.26. The number of hydrazine groups is 1. The number of hydrogen-bond donors (Lipinski definition) is 3. The third kappa shape index (κ3) is 6.14. The van der Waals surface area contributed by atoms with E-state index in [1.165, 1.54) is 0 Å². The molecule has 10 heteroatoms. The lowest BCUT2D eigenvalue weighted by atomic mass is 10.1. The van der Waals surface area contributed by atoms with Crippen LogP contribution < -0.4 is 25.6 Å². The summed E-state index contributed by atoms with van der Waals surface area (Å²) >= 11 is 4.88. The summed E-state index contributed by atoms with van der Waals surface area (Å²) in [7, 11) is 0. The van der Waals surface area contributed by atoms with Crippen LogP contribution in [0.2, 0.25) is 0 Å². The average molecular weight is 508 g/mol. The molecule has 1 aliphatic rings. The SMILES string of the molecule is CSCC[C@@H](NC(=O)c1ccccc1Br)C(=O)NNC(=O)[C@@H]1COc2ccccc2O1. The maximum absolute atomic E-state index is 12.7. The molecule has 0 spiro atoms. The summed E-state index contributed by atoms with van der Waals surface area (Å²) in [6, 6.07) is 13.1. The van der Waals surface area contributed by atoms with Crippen LogP contribution in [0.25, 0.3) is 0 Å². The number of benzene rings is 2. The van der Waals surface area contributed by atoms with Gasteiger partial charge in [0.2, 0.25) is 6.10 Å². The topological polar surface area (TPSA) is 106 Å². The summed E-state index contributed by atoms with van der Waals surface area (Å²) < 4.78 is 11.8. The van der Waals surface area contributed by atoms with Gasteiger partial charge in [-0.05, 0) is 58.6 Å². The molecule has 3 rings (SSSR count). The Balaban J connectivity index is 1.57. The van der Waals surface area contributed by atoms with Crippen molar-refractivity contribution in [1.29, 1.82) is 0 Å². The number of carbonyl (C=O) groups excluding carboxylic acids is 3. The molecule has 31 heavy (non-hydrogen) atoms. The van der Waals surface area contributed by atoms with Gasteiger partial charge in [0.15, 0.2) is 11.5 Å². The molecule has 1 heterocycles. The number of rotatable bonds is 7. The third-order valence-electron chi connectivity index (χ3n) is 4.46. The molecule has 0 fully saturated rings. The minimum atomic E-state index is -0.908. The molecule has 0 aliphatic carbocycles. The Hall–Kier alpha value is -2.72. The van der Waals surface area contributed by atoms with Crippen LogP contribution >= 0.6 is 27.7 Å².